The molecule has 0 radical (unpaired) electrons. The van der Waals surface area contributed by atoms with Crippen molar-refractivity contribution < 1.29 is 23.5 Å². The number of furan rings is 1. The molecule has 204 valence electrons. The quantitative estimate of drug-likeness (QED) is 0.0835. The summed E-state index contributed by atoms with van der Waals surface area (Å²) in [6.07, 6.45) is 12.1. The number of aryl methyl sites for hydroxylation is 1. The molecule has 0 aliphatic carbocycles. The molecule has 0 bridgehead atoms. The van der Waals surface area contributed by atoms with E-state index in [0.717, 1.165) is 80.3 Å². The minimum absolute atomic E-state index is 0.00977. The van der Waals surface area contributed by atoms with Gasteiger partial charge in [-0.25, -0.2) is 4.79 Å². The summed E-state index contributed by atoms with van der Waals surface area (Å²) in [6, 6.07) is 18.6. The molecule has 2 aromatic heterocycles. The number of carbonyl (C=O) groups excluding carboxylic acids is 2. The minimum atomic E-state index is -0.315. The molecule has 0 amide bonds. The maximum atomic E-state index is 13.4. The Morgan fingerprint density at radius 3 is 2.28 bits per heavy atom. The van der Waals surface area contributed by atoms with Crippen molar-refractivity contribution in [2.45, 2.75) is 64.7 Å². The van der Waals surface area contributed by atoms with Crippen LogP contribution in [0.4, 0.5) is 0 Å². The number of esters is 1. The van der Waals surface area contributed by atoms with Crippen molar-refractivity contribution >= 4 is 22.7 Å². The maximum Gasteiger partial charge on any atom is 0.339 e. The monoisotopic (exact) mass is 527 g/mol. The zero-order chi connectivity index (χ0) is 27.3. The van der Waals surface area contributed by atoms with Gasteiger partial charge >= 0.3 is 5.97 Å². The van der Waals surface area contributed by atoms with E-state index in [2.05, 4.69) is 11.9 Å². The van der Waals surface area contributed by atoms with Crippen molar-refractivity contribution in [1.29, 1.82) is 0 Å². The SMILES string of the molecule is CCCCc1oc2ccccc2c1C(=O)c1ccc(OCCCCCCCCOC(=O)c2cccnc2)cc1. The number of aromatic nitrogens is 1. The van der Waals surface area contributed by atoms with Crippen molar-refractivity contribution in [2.75, 3.05) is 13.2 Å². The molecule has 0 saturated heterocycles. The lowest BCUT2D eigenvalue weighted by molar-refractivity contribution is 0.0497. The molecule has 2 heterocycles. The first-order valence-corrected chi connectivity index (χ1v) is 14.0. The number of ether oxygens (including phenoxy) is 2. The fourth-order valence-electron chi connectivity index (χ4n) is 4.54. The third kappa shape index (κ3) is 8.03. The summed E-state index contributed by atoms with van der Waals surface area (Å²) in [5, 5.41) is 0.875. The van der Waals surface area contributed by atoms with Gasteiger partial charge in [0.25, 0.3) is 0 Å². The standard InChI is InChI=1S/C33H37NO5/c1-2-3-15-30-31(28-14-8-9-16-29(28)39-30)32(35)25-17-19-27(20-18-25)37-22-10-6-4-5-7-11-23-38-33(36)26-13-12-21-34-24-26/h8-9,12-14,16-21,24H,2-7,10-11,15,22-23H2,1H3. The van der Waals surface area contributed by atoms with Gasteiger partial charge in [-0.05, 0) is 61.7 Å². The Morgan fingerprint density at radius 2 is 1.54 bits per heavy atom. The second-order valence-corrected chi connectivity index (χ2v) is 9.70. The molecule has 4 aromatic rings. The topological polar surface area (TPSA) is 78.6 Å². The summed E-state index contributed by atoms with van der Waals surface area (Å²) in [6.45, 7) is 3.21. The van der Waals surface area contributed by atoms with Crippen LogP contribution in [0.5, 0.6) is 5.75 Å². The second-order valence-electron chi connectivity index (χ2n) is 9.70. The van der Waals surface area contributed by atoms with Crippen molar-refractivity contribution in [3.8, 4) is 5.75 Å². The molecule has 0 aliphatic rings. The molecule has 6 heteroatoms. The van der Waals surface area contributed by atoms with Crippen molar-refractivity contribution in [3.05, 3.63) is 95.5 Å². The van der Waals surface area contributed by atoms with E-state index in [-0.39, 0.29) is 11.8 Å². The highest BCUT2D eigenvalue weighted by Crippen LogP contribution is 2.30. The van der Waals surface area contributed by atoms with Crippen LogP contribution in [0, 0.1) is 0 Å². The number of pyridine rings is 1. The van der Waals surface area contributed by atoms with Gasteiger partial charge in [0.2, 0.25) is 0 Å². The van der Waals surface area contributed by atoms with Crippen LogP contribution in [-0.4, -0.2) is 30.0 Å². The molecule has 0 atom stereocenters. The van der Waals surface area contributed by atoms with Crippen LogP contribution < -0.4 is 4.74 Å². The predicted octanol–water partition coefficient (Wildman–Crippen LogP) is 7.98. The largest absolute Gasteiger partial charge is 0.494 e. The number of nitrogens with zero attached hydrogens (tertiary/aromatic N) is 1. The number of unbranched alkanes of at least 4 members (excludes halogenated alkanes) is 6. The summed E-state index contributed by atoms with van der Waals surface area (Å²) in [7, 11) is 0. The van der Waals surface area contributed by atoms with Crippen LogP contribution >= 0.6 is 0 Å². The third-order valence-electron chi connectivity index (χ3n) is 6.71. The number of benzene rings is 2. The number of ketones is 1. The summed E-state index contributed by atoms with van der Waals surface area (Å²) in [4.78, 5) is 29.2. The normalized spacial score (nSPS) is 11.0. The highest BCUT2D eigenvalue weighted by atomic mass is 16.5. The van der Waals surface area contributed by atoms with Gasteiger partial charge in [0, 0.05) is 29.8 Å². The van der Waals surface area contributed by atoms with Crippen molar-refractivity contribution in [3.63, 3.8) is 0 Å². The van der Waals surface area contributed by atoms with E-state index in [0.29, 0.717) is 29.9 Å². The molecule has 6 nitrogen and oxygen atoms in total. The molecule has 0 spiro atoms. The lowest BCUT2D eigenvalue weighted by Crippen LogP contribution is -2.06. The van der Waals surface area contributed by atoms with Crippen LogP contribution in [0.15, 0.2) is 77.5 Å². The average Bonchev–Trinajstić information content (AvgIpc) is 3.35. The van der Waals surface area contributed by atoms with Crippen molar-refractivity contribution in [2.24, 2.45) is 0 Å². The lowest BCUT2D eigenvalue weighted by atomic mass is 9.98. The summed E-state index contributed by atoms with van der Waals surface area (Å²) in [5.41, 5.74) is 2.56. The zero-order valence-electron chi connectivity index (χ0n) is 22.7. The smallest absolute Gasteiger partial charge is 0.339 e. The number of hydrogen-bond acceptors (Lipinski definition) is 6. The molecule has 2 aromatic carbocycles. The van der Waals surface area contributed by atoms with Crippen LogP contribution in [0.1, 0.15) is 90.3 Å². The Hall–Kier alpha value is -3.93. The molecule has 0 N–H and O–H groups in total. The molecule has 0 unspecified atom stereocenters. The van der Waals surface area contributed by atoms with E-state index in [4.69, 9.17) is 13.9 Å². The van der Waals surface area contributed by atoms with Crippen LogP contribution in [-0.2, 0) is 11.2 Å². The average molecular weight is 528 g/mol. The van der Waals surface area contributed by atoms with Gasteiger partial charge in [-0.1, -0.05) is 57.2 Å². The van der Waals surface area contributed by atoms with Gasteiger partial charge in [-0.3, -0.25) is 9.78 Å². The van der Waals surface area contributed by atoms with Gasteiger partial charge < -0.3 is 13.9 Å². The molecular formula is C33H37NO5. The Kier molecular flexibility index (Phi) is 10.7. The molecular weight excluding hydrogens is 490 g/mol. The minimum Gasteiger partial charge on any atom is -0.494 e. The highest BCUT2D eigenvalue weighted by molar-refractivity contribution is 6.16. The first-order chi connectivity index (χ1) is 19.2. The number of hydrogen-bond donors (Lipinski definition) is 0. The Bertz CT molecular complexity index is 1330. The maximum absolute atomic E-state index is 13.4. The van der Waals surface area contributed by atoms with E-state index in [9.17, 15) is 9.59 Å². The van der Waals surface area contributed by atoms with E-state index in [1.807, 2.05) is 48.5 Å². The lowest BCUT2D eigenvalue weighted by Gasteiger charge is -2.08. The van der Waals surface area contributed by atoms with Gasteiger partial charge in [0.1, 0.15) is 17.1 Å². The Morgan fingerprint density at radius 1 is 0.795 bits per heavy atom. The van der Waals surface area contributed by atoms with E-state index in [1.165, 1.54) is 6.20 Å². The number of fused-ring (bicyclic) bond motifs is 1. The number of para-hydroxylation sites is 1. The van der Waals surface area contributed by atoms with Crippen molar-refractivity contribution in [1.82, 2.24) is 4.98 Å². The fraction of sp³-hybridized carbons (Fsp3) is 0.364. The zero-order valence-corrected chi connectivity index (χ0v) is 22.7. The fourth-order valence-corrected chi connectivity index (χ4v) is 4.54. The highest BCUT2D eigenvalue weighted by Gasteiger charge is 2.21. The summed E-state index contributed by atoms with van der Waals surface area (Å²) >= 11 is 0. The van der Waals surface area contributed by atoms with Crippen LogP contribution in [0.2, 0.25) is 0 Å². The third-order valence-corrected chi connectivity index (χ3v) is 6.71. The van der Waals surface area contributed by atoms with Gasteiger partial charge in [-0.15, -0.1) is 0 Å². The molecule has 0 fully saturated rings. The van der Waals surface area contributed by atoms with E-state index >= 15 is 0 Å². The van der Waals surface area contributed by atoms with Crippen LogP contribution in [0.3, 0.4) is 0 Å². The summed E-state index contributed by atoms with van der Waals surface area (Å²) in [5.74, 6) is 1.22. The van der Waals surface area contributed by atoms with Crippen LogP contribution in [0.25, 0.3) is 11.0 Å². The molecule has 0 saturated carbocycles. The van der Waals surface area contributed by atoms with Gasteiger partial charge in [0.05, 0.1) is 24.3 Å². The molecule has 39 heavy (non-hydrogen) atoms. The Balaban J connectivity index is 1.14. The molecule has 0 aliphatic heterocycles. The second kappa shape index (κ2) is 14.9. The van der Waals surface area contributed by atoms with Gasteiger partial charge in [0.15, 0.2) is 5.78 Å². The Labute approximate surface area is 230 Å². The molecule has 4 rings (SSSR count). The first kappa shape index (κ1) is 28.1. The number of rotatable bonds is 16. The van der Waals surface area contributed by atoms with Gasteiger partial charge in [-0.2, -0.15) is 0 Å². The first-order valence-electron chi connectivity index (χ1n) is 14.0. The van der Waals surface area contributed by atoms with E-state index < -0.39 is 0 Å². The number of carbonyl (C=O) groups is 2. The predicted molar refractivity (Wildman–Crippen MR) is 152 cm³/mol. The van der Waals surface area contributed by atoms with E-state index in [1.54, 1.807) is 18.3 Å². The summed E-state index contributed by atoms with van der Waals surface area (Å²) < 4.78 is 17.2.